The summed E-state index contributed by atoms with van der Waals surface area (Å²) in [6, 6.07) is 5.22. The highest BCUT2D eigenvalue weighted by atomic mass is 35.5. The van der Waals surface area contributed by atoms with Crippen LogP contribution in [0.4, 0.5) is 0 Å². The lowest BCUT2D eigenvalue weighted by Gasteiger charge is -2.06. The van der Waals surface area contributed by atoms with E-state index >= 15 is 0 Å². The second-order valence-electron chi connectivity index (χ2n) is 3.94. The molecule has 0 spiro atoms. The topological polar surface area (TPSA) is 78.6 Å². The van der Waals surface area contributed by atoms with Crippen molar-refractivity contribution < 1.29 is 14.3 Å². The van der Waals surface area contributed by atoms with Crippen LogP contribution in [-0.2, 0) is 4.74 Å². The molecule has 1 aromatic carbocycles. The van der Waals surface area contributed by atoms with E-state index in [1.54, 1.807) is 22.6 Å². The van der Waals surface area contributed by atoms with Crippen LogP contribution >= 0.6 is 11.6 Å². The molecule has 3 aromatic rings. The molecule has 0 saturated carbocycles. The van der Waals surface area contributed by atoms with Crippen LogP contribution in [-0.4, -0.2) is 39.8 Å². The molecule has 0 atom stereocenters. The Balaban J connectivity index is 2.37. The first-order valence-corrected chi connectivity index (χ1v) is 6.00. The molecule has 0 aliphatic heterocycles. The minimum Gasteiger partial charge on any atom is -0.467 e. The van der Waals surface area contributed by atoms with Gasteiger partial charge in [-0.15, -0.1) is 5.10 Å². The van der Waals surface area contributed by atoms with Crippen molar-refractivity contribution in [2.75, 3.05) is 14.2 Å². The third kappa shape index (κ3) is 1.75. The van der Waals surface area contributed by atoms with Crippen LogP contribution in [0.1, 0.15) is 10.4 Å². The Hall–Kier alpha value is -2.41. The number of aromatic nitrogens is 4. The second kappa shape index (κ2) is 4.61. The predicted octanol–water partition coefficient (Wildman–Crippen LogP) is 1.73. The molecule has 0 bridgehead atoms. The maximum atomic E-state index is 11.5. The maximum Gasteiger partial charge on any atom is 0.337 e. The zero-order valence-corrected chi connectivity index (χ0v) is 11.4. The average Bonchev–Trinajstić information content (AvgIpc) is 2.90. The fourth-order valence-corrected chi connectivity index (χ4v) is 2.17. The predicted molar refractivity (Wildman–Crippen MR) is 71.2 cm³/mol. The van der Waals surface area contributed by atoms with E-state index in [1.807, 2.05) is 0 Å². The molecule has 0 amide bonds. The van der Waals surface area contributed by atoms with Gasteiger partial charge in [0, 0.05) is 0 Å². The number of carbonyl (C=O) groups is 1. The summed E-state index contributed by atoms with van der Waals surface area (Å²) in [5.74, 6) is -0.444. The summed E-state index contributed by atoms with van der Waals surface area (Å²) in [6.07, 6.45) is 0. The maximum absolute atomic E-state index is 11.5. The summed E-state index contributed by atoms with van der Waals surface area (Å²) >= 11 is 6.07. The van der Waals surface area contributed by atoms with Gasteiger partial charge in [-0.2, -0.15) is 0 Å². The van der Waals surface area contributed by atoms with E-state index in [-0.39, 0.29) is 5.15 Å². The van der Waals surface area contributed by atoms with Crippen molar-refractivity contribution in [3.8, 4) is 6.01 Å². The summed E-state index contributed by atoms with van der Waals surface area (Å²) in [6.45, 7) is 0. The Kier molecular flexibility index (Phi) is 2.90. The van der Waals surface area contributed by atoms with Crippen molar-refractivity contribution in [3.05, 3.63) is 28.9 Å². The Morgan fingerprint density at radius 3 is 2.80 bits per heavy atom. The standard InChI is InChI=1S/C12H9ClN4O3/c1-19-11(18)6-3-4-8-7(5-6)14-9(13)10-15-16-12(20-2)17(8)10/h3-5H,1-2H3. The molecule has 8 heteroatoms. The lowest BCUT2D eigenvalue weighted by molar-refractivity contribution is 0.0601. The number of methoxy groups -OCH3 is 2. The smallest absolute Gasteiger partial charge is 0.337 e. The molecule has 0 saturated heterocycles. The first-order valence-electron chi connectivity index (χ1n) is 5.62. The van der Waals surface area contributed by atoms with Crippen LogP contribution in [0.15, 0.2) is 18.2 Å². The van der Waals surface area contributed by atoms with Crippen molar-refractivity contribution in [1.82, 2.24) is 19.6 Å². The zero-order chi connectivity index (χ0) is 14.3. The molecule has 0 unspecified atom stereocenters. The third-order valence-corrected chi connectivity index (χ3v) is 3.11. The summed E-state index contributed by atoms with van der Waals surface area (Å²) in [4.78, 5) is 15.7. The molecule has 102 valence electrons. The Bertz CT molecular complexity index is 830. The first-order chi connectivity index (χ1) is 9.65. The lowest BCUT2D eigenvalue weighted by Crippen LogP contribution is -2.02. The number of benzene rings is 1. The van der Waals surface area contributed by atoms with E-state index in [9.17, 15) is 4.79 Å². The van der Waals surface area contributed by atoms with Gasteiger partial charge in [0.2, 0.25) is 5.65 Å². The van der Waals surface area contributed by atoms with Gasteiger partial charge in [-0.25, -0.2) is 14.2 Å². The molecule has 0 aliphatic carbocycles. The number of rotatable bonds is 2. The van der Waals surface area contributed by atoms with Gasteiger partial charge in [0.05, 0.1) is 30.8 Å². The SMILES string of the molecule is COC(=O)c1ccc2c(c1)nc(Cl)c1nnc(OC)n12. The van der Waals surface area contributed by atoms with Crippen LogP contribution in [0.2, 0.25) is 5.15 Å². The Morgan fingerprint density at radius 2 is 2.10 bits per heavy atom. The Morgan fingerprint density at radius 1 is 1.30 bits per heavy atom. The van der Waals surface area contributed by atoms with Crippen LogP contribution in [0.5, 0.6) is 6.01 Å². The highest BCUT2D eigenvalue weighted by Crippen LogP contribution is 2.25. The fraction of sp³-hybridized carbons (Fsp3) is 0.167. The number of carbonyl (C=O) groups excluding carboxylic acids is 1. The number of hydrogen-bond donors (Lipinski definition) is 0. The monoisotopic (exact) mass is 292 g/mol. The van der Waals surface area contributed by atoms with Crippen LogP contribution in [0, 0.1) is 0 Å². The molecule has 20 heavy (non-hydrogen) atoms. The highest BCUT2D eigenvalue weighted by Gasteiger charge is 2.15. The Labute approximate surface area is 118 Å². The van der Waals surface area contributed by atoms with Crippen molar-refractivity contribution in [1.29, 1.82) is 0 Å². The van der Waals surface area contributed by atoms with Crippen molar-refractivity contribution >= 4 is 34.3 Å². The van der Waals surface area contributed by atoms with Crippen molar-refractivity contribution in [2.24, 2.45) is 0 Å². The normalized spacial score (nSPS) is 10.9. The van der Waals surface area contributed by atoms with Gasteiger partial charge in [0.25, 0.3) is 0 Å². The van der Waals surface area contributed by atoms with Gasteiger partial charge in [0.15, 0.2) is 5.15 Å². The summed E-state index contributed by atoms with van der Waals surface area (Å²) in [5.41, 5.74) is 1.97. The number of nitrogens with zero attached hydrogens (tertiary/aromatic N) is 4. The van der Waals surface area contributed by atoms with Gasteiger partial charge >= 0.3 is 12.0 Å². The molecule has 0 N–H and O–H groups in total. The van der Waals surface area contributed by atoms with Crippen LogP contribution in [0.25, 0.3) is 16.7 Å². The van der Waals surface area contributed by atoms with E-state index in [1.165, 1.54) is 14.2 Å². The van der Waals surface area contributed by atoms with Crippen LogP contribution in [0.3, 0.4) is 0 Å². The van der Waals surface area contributed by atoms with E-state index < -0.39 is 5.97 Å². The fourth-order valence-electron chi connectivity index (χ4n) is 1.96. The number of hydrogen-bond acceptors (Lipinski definition) is 6. The van der Waals surface area contributed by atoms with Crippen molar-refractivity contribution in [2.45, 2.75) is 0 Å². The van der Waals surface area contributed by atoms with E-state index in [2.05, 4.69) is 19.9 Å². The highest BCUT2D eigenvalue weighted by molar-refractivity contribution is 6.32. The third-order valence-electron chi connectivity index (χ3n) is 2.86. The number of fused-ring (bicyclic) bond motifs is 3. The van der Waals surface area contributed by atoms with Gasteiger partial charge in [-0.1, -0.05) is 16.7 Å². The number of ether oxygens (including phenoxy) is 2. The minimum atomic E-state index is -0.444. The summed E-state index contributed by atoms with van der Waals surface area (Å²) in [7, 11) is 2.80. The molecule has 0 aliphatic rings. The van der Waals surface area contributed by atoms with Crippen LogP contribution < -0.4 is 4.74 Å². The van der Waals surface area contributed by atoms with Gasteiger partial charge in [0.1, 0.15) is 0 Å². The molecule has 0 fully saturated rings. The molecule has 3 rings (SSSR count). The van der Waals surface area contributed by atoms with E-state index in [0.717, 1.165) is 0 Å². The number of halogens is 1. The summed E-state index contributed by atoms with van der Waals surface area (Å²) in [5, 5.41) is 7.96. The first kappa shape index (κ1) is 12.6. The molecule has 2 aromatic heterocycles. The largest absolute Gasteiger partial charge is 0.467 e. The molecular formula is C12H9ClN4O3. The zero-order valence-electron chi connectivity index (χ0n) is 10.6. The second-order valence-corrected chi connectivity index (χ2v) is 4.30. The lowest BCUT2D eigenvalue weighted by atomic mass is 10.2. The minimum absolute atomic E-state index is 0.176. The number of esters is 1. The molecular weight excluding hydrogens is 284 g/mol. The van der Waals surface area contributed by atoms with Gasteiger partial charge in [-0.3, -0.25) is 0 Å². The molecule has 2 heterocycles. The quantitative estimate of drug-likeness (QED) is 0.669. The summed E-state index contributed by atoms with van der Waals surface area (Å²) < 4.78 is 11.4. The average molecular weight is 293 g/mol. The molecule has 7 nitrogen and oxygen atoms in total. The van der Waals surface area contributed by atoms with E-state index in [0.29, 0.717) is 28.3 Å². The molecule has 0 radical (unpaired) electrons. The van der Waals surface area contributed by atoms with Gasteiger partial charge in [-0.05, 0) is 18.2 Å². The van der Waals surface area contributed by atoms with E-state index in [4.69, 9.17) is 16.3 Å². The van der Waals surface area contributed by atoms with Crippen molar-refractivity contribution in [3.63, 3.8) is 0 Å². The van der Waals surface area contributed by atoms with Gasteiger partial charge < -0.3 is 9.47 Å².